The third-order valence-electron chi connectivity index (χ3n) is 1.62. The molecule has 2 N–H and O–H groups in total. The van der Waals surface area contributed by atoms with Crippen molar-refractivity contribution in [3.63, 3.8) is 0 Å². The molecule has 0 aliphatic heterocycles. The van der Waals surface area contributed by atoms with Gasteiger partial charge in [-0.15, -0.1) is 0 Å². The summed E-state index contributed by atoms with van der Waals surface area (Å²) >= 11 is 5.24. The van der Waals surface area contributed by atoms with Crippen LogP contribution in [-0.2, 0) is 6.18 Å². The molecule has 0 amide bonds. The van der Waals surface area contributed by atoms with Gasteiger partial charge in [-0.3, -0.25) is 0 Å². The van der Waals surface area contributed by atoms with Gasteiger partial charge in [0.25, 0.3) is 0 Å². The molecule has 0 unspecified atom stereocenters. The van der Waals surface area contributed by atoms with Gasteiger partial charge in [0.2, 0.25) is 0 Å². The van der Waals surface area contributed by atoms with E-state index in [4.69, 9.17) is 21.8 Å². The van der Waals surface area contributed by atoms with Crippen LogP contribution in [0.1, 0.15) is 15.9 Å². The van der Waals surface area contributed by atoms with Crippen molar-refractivity contribution in [2.75, 3.05) is 0 Å². The van der Waals surface area contributed by atoms with E-state index in [1.165, 1.54) is 0 Å². The second-order valence-corrected chi connectivity index (χ2v) is 3.06. The fourth-order valence-electron chi connectivity index (χ4n) is 0.950. The summed E-state index contributed by atoms with van der Waals surface area (Å²) in [6, 6.07) is 0.841. The lowest BCUT2D eigenvalue weighted by atomic mass is 10.1. The highest BCUT2D eigenvalue weighted by Crippen LogP contribution is 2.38. The molecule has 1 aromatic carbocycles. The third-order valence-corrected chi connectivity index (χ3v) is 1.93. The SMILES string of the molecule is O=C(O)c1cc(Cl)c(C(F)(F)F)cc1O. The van der Waals surface area contributed by atoms with Crippen LogP contribution in [0, 0.1) is 0 Å². The van der Waals surface area contributed by atoms with Gasteiger partial charge in [0.15, 0.2) is 0 Å². The summed E-state index contributed by atoms with van der Waals surface area (Å²) in [5, 5.41) is 16.7. The Labute approximate surface area is 86.7 Å². The van der Waals surface area contributed by atoms with Gasteiger partial charge in [-0.05, 0) is 12.1 Å². The Hall–Kier alpha value is -1.43. The molecule has 0 saturated heterocycles. The van der Waals surface area contributed by atoms with Crippen molar-refractivity contribution in [1.82, 2.24) is 0 Å². The zero-order valence-electron chi connectivity index (χ0n) is 6.97. The standard InChI is InChI=1S/C8H4ClF3O3/c9-5-1-3(7(14)15)6(13)2-4(5)8(10,11)12/h1-2,13H,(H,14,15). The Kier molecular flexibility index (Phi) is 2.81. The molecule has 0 aliphatic rings. The lowest BCUT2D eigenvalue weighted by Gasteiger charge is -2.10. The minimum absolute atomic E-state index is 0.284. The molecule has 0 radical (unpaired) electrons. The Morgan fingerprint density at radius 3 is 2.27 bits per heavy atom. The molecule has 0 spiro atoms. The van der Waals surface area contributed by atoms with Gasteiger partial charge in [0.1, 0.15) is 11.3 Å². The first-order valence-corrected chi connectivity index (χ1v) is 3.94. The molecule has 82 valence electrons. The zero-order valence-corrected chi connectivity index (χ0v) is 7.73. The third kappa shape index (κ3) is 2.33. The maximum Gasteiger partial charge on any atom is 0.417 e. The van der Waals surface area contributed by atoms with Crippen molar-refractivity contribution in [2.45, 2.75) is 6.18 Å². The van der Waals surface area contributed by atoms with Crippen molar-refractivity contribution in [3.05, 3.63) is 28.3 Å². The van der Waals surface area contributed by atoms with Crippen LogP contribution in [0.5, 0.6) is 5.75 Å². The van der Waals surface area contributed by atoms with E-state index in [2.05, 4.69) is 0 Å². The minimum Gasteiger partial charge on any atom is -0.507 e. The number of aromatic carboxylic acids is 1. The van der Waals surface area contributed by atoms with E-state index in [1.807, 2.05) is 0 Å². The summed E-state index contributed by atoms with van der Waals surface area (Å²) in [5.74, 6) is -2.53. The second-order valence-electron chi connectivity index (χ2n) is 2.65. The van der Waals surface area contributed by atoms with E-state index >= 15 is 0 Å². The van der Waals surface area contributed by atoms with Crippen LogP contribution in [-0.4, -0.2) is 16.2 Å². The fraction of sp³-hybridized carbons (Fsp3) is 0.125. The smallest absolute Gasteiger partial charge is 0.417 e. The second kappa shape index (κ2) is 3.62. The Bertz CT molecular complexity index is 414. The van der Waals surface area contributed by atoms with E-state index in [1.54, 1.807) is 0 Å². The average molecular weight is 241 g/mol. The number of hydrogen-bond donors (Lipinski definition) is 2. The summed E-state index contributed by atoms with van der Waals surface area (Å²) in [6.45, 7) is 0. The summed E-state index contributed by atoms with van der Waals surface area (Å²) < 4.78 is 36.7. The summed E-state index contributed by atoms with van der Waals surface area (Å²) in [6.07, 6.45) is -4.73. The number of alkyl halides is 3. The van der Waals surface area contributed by atoms with Crippen LogP contribution in [0.3, 0.4) is 0 Å². The molecule has 0 aromatic heterocycles. The van der Waals surface area contributed by atoms with Crippen LogP contribution in [0.2, 0.25) is 5.02 Å². The van der Waals surface area contributed by atoms with Crippen LogP contribution in [0.15, 0.2) is 12.1 Å². The van der Waals surface area contributed by atoms with Gasteiger partial charge in [0, 0.05) is 0 Å². The highest BCUT2D eigenvalue weighted by Gasteiger charge is 2.34. The molecule has 0 heterocycles. The predicted molar refractivity (Wildman–Crippen MR) is 45.1 cm³/mol. The Morgan fingerprint density at radius 2 is 1.87 bits per heavy atom. The maximum absolute atomic E-state index is 12.2. The van der Waals surface area contributed by atoms with Crippen molar-refractivity contribution in [2.24, 2.45) is 0 Å². The van der Waals surface area contributed by atoms with E-state index in [0.717, 1.165) is 0 Å². The fourth-order valence-corrected chi connectivity index (χ4v) is 1.22. The molecule has 0 fully saturated rings. The van der Waals surface area contributed by atoms with Crippen molar-refractivity contribution < 1.29 is 28.2 Å². The summed E-state index contributed by atoms with van der Waals surface area (Å²) in [7, 11) is 0. The van der Waals surface area contributed by atoms with Crippen LogP contribution >= 0.6 is 11.6 Å². The number of carbonyl (C=O) groups is 1. The topological polar surface area (TPSA) is 57.5 Å². The number of hydrogen-bond acceptors (Lipinski definition) is 2. The van der Waals surface area contributed by atoms with Crippen molar-refractivity contribution >= 4 is 17.6 Å². The first kappa shape index (κ1) is 11.6. The van der Waals surface area contributed by atoms with Crippen LogP contribution < -0.4 is 0 Å². The predicted octanol–water partition coefficient (Wildman–Crippen LogP) is 2.76. The van der Waals surface area contributed by atoms with E-state index in [-0.39, 0.29) is 6.07 Å². The highest BCUT2D eigenvalue weighted by molar-refractivity contribution is 6.31. The Balaban J connectivity index is 3.39. The molecule has 1 rings (SSSR count). The summed E-state index contributed by atoms with van der Waals surface area (Å²) in [4.78, 5) is 10.4. The zero-order chi connectivity index (χ0) is 11.8. The number of carboxylic acid groups (broad SMARTS) is 1. The monoisotopic (exact) mass is 240 g/mol. The molecule has 0 bridgehead atoms. The normalized spacial score (nSPS) is 11.5. The lowest BCUT2D eigenvalue weighted by Crippen LogP contribution is -2.07. The molecule has 0 aliphatic carbocycles. The van der Waals surface area contributed by atoms with Gasteiger partial charge >= 0.3 is 12.1 Å². The molecule has 1 aromatic rings. The van der Waals surface area contributed by atoms with Gasteiger partial charge in [-0.25, -0.2) is 4.79 Å². The average Bonchev–Trinajstić information content (AvgIpc) is 2.06. The van der Waals surface area contributed by atoms with Crippen molar-refractivity contribution in [3.8, 4) is 5.75 Å². The number of benzene rings is 1. The Morgan fingerprint density at radius 1 is 1.33 bits per heavy atom. The van der Waals surface area contributed by atoms with E-state index in [0.29, 0.717) is 6.07 Å². The lowest BCUT2D eigenvalue weighted by molar-refractivity contribution is -0.137. The first-order chi connectivity index (χ1) is 6.73. The minimum atomic E-state index is -4.73. The molecular formula is C8H4ClF3O3. The van der Waals surface area contributed by atoms with Gasteiger partial charge < -0.3 is 10.2 Å². The number of aromatic hydroxyl groups is 1. The maximum atomic E-state index is 12.2. The summed E-state index contributed by atoms with van der Waals surface area (Å²) in [5.41, 5.74) is -1.94. The van der Waals surface area contributed by atoms with Gasteiger partial charge in [-0.2, -0.15) is 13.2 Å². The van der Waals surface area contributed by atoms with E-state index in [9.17, 15) is 18.0 Å². The number of halogens is 4. The van der Waals surface area contributed by atoms with Crippen molar-refractivity contribution in [1.29, 1.82) is 0 Å². The number of phenols is 1. The molecule has 0 atom stereocenters. The largest absolute Gasteiger partial charge is 0.507 e. The van der Waals surface area contributed by atoms with Gasteiger partial charge in [0.05, 0.1) is 10.6 Å². The molecule has 15 heavy (non-hydrogen) atoms. The van der Waals surface area contributed by atoms with Gasteiger partial charge in [-0.1, -0.05) is 11.6 Å². The molecule has 0 saturated carbocycles. The first-order valence-electron chi connectivity index (χ1n) is 3.56. The molecular weight excluding hydrogens is 237 g/mol. The molecule has 7 heteroatoms. The van der Waals surface area contributed by atoms with E-state index < -0.39 is 34.0 Å². The van der Waals surface area contributed by atoms with Crippen LogP contribution in [0.25, 0.3) is 0 Å². The highest BCUT2D eigenvalue weighted by atomic mass is 35.5. The quantitative estimate of drug-likeness (QED) is 0.794. The number of carboxylic acids is 1. The molecule has 3 nitrogen and oxygen atoms in total. The number of rotatable bonds is 1. The van der Waals surface area contributed by atoms with Crippen LogP contribution in [0.4, 0.5) is 13.2 Å².